The lowest BCUT2D eigenvalue weighted by Gasteiger charge is -2.33. The quantitative estimate of drug-likeness (QED) is 0.627. The summed E-state index contributed by atoms with van der Waals surface area (Å²) in [7, 11) is 0. The molecule has 1 aromatic heterocycles. The third-order valence-corrected chi connectivity index (χ3v) is 4.63. The standard InChI is InChI=1S/C20H21F2N5/c1-5-16-14(11(2)3)7-6-8-26(16)19-18-15(22)9-13(21)10-17(18)27(12(4)23)20(24)25-19/h5,9-10,23-24H,1-2,6-8H2,3-4H3. The third kappa shape index (κ3) is 3.09. The minimum atomic E-state index is -0.784. The SMILES string of the molecule is C=CC1=C(C(=C)C)CCCN1c1nc(=N)n(C(C)=N)c2cc(F)cc(F)c12. The minimum Gasteiger partial charge on any atom is -0.325 e. The van der Waals surface area contributed by atoms with Gasteiger partial charge in [-0.25, -0.2) is 8.78 Å². The van der Waals surface area contributed by atoms with Crippen LogP contribution in [-0.2, 0) is 0 Å². The molecule has 1 aliphatic rings. The van der Waals surface area contributed by atoms with E-state index in [9.17, 15) is 8.78 Å². The lowest BCUT2D eigenvalue weighted by Crippen LogP contribution is -2.34. The maximum absolute atomic E-state index is 14.8. The summed E-state index contributed by atoms with van der Waals surface area (Å²) in [6.45, 7) is 11.8. The van der Waals surface area contributed by atoms with Gasteiger partial charge in [-0.05, 0) is 44.4 Å². The Morgan fingerprint density at radius 3 is 2.59 bits per heavy atom. The Balaban J connectivity index is 2.43. The van der Waals surface area contributed by atoms with Crippen LogP contribution in [0.3, 0.4) is 0 Å². The predicted octanol–water partition coefficient (Wildman–Crippen LogP) is 4.26. The molecule has 0 saturated carbocycles. The van der Waals surface area contributed by atoms with Crippen molar-refractivity contribution in [2.75, 3.05) is 11.4 Å². The van der Waals surface area contributed by atoms with Gasteiger partial charge in [-0.3, -0.25) is 15.4 Å². The van der Waals surface area contributed by atoms with E-state index in [1.165, 1.54) is 6.92 Å². The molecule has 140 valence electrons. The number of benzene rings is 1. The Kier molecular flexibility index (Phi) is 4.78. The molecule has 0 unspecified atom stereocenters. The molecule has 27 heavy (non-hydrogen) atoms. The number of hydrogen-bond acceptors (Lipinski definition) is 4. The molecule has 0 fully saturated rings. The summed E-state index contributed by atoms with van der Waals surface area (Å²) >= 11 is 0. The van der Waals surface area contributed by atoms with E-state index >= 15 is 0 Å². The van der Waals surface area contributed by atoms with Crippen LogP contribution in [0.4, 0.5) is 14.6 Å². The van der Waals surface area contributed by atoms with Gasteiger partial charge in [0.15, 0.2) is 0 Å². The van der Waals surface area contributed by atoms with Crippen molar-refractivity contribution in [3.63, 3.8) is 0 Å². The predicted molar refractivity (Wildman–Crippen MR) is 103 cm³/mol. The van der Waals surface area contributed by atoms with Crippen molar-refractivity contribution in [3.05, 3.63) is 65.5 Å². The Morgan fingerprint density at radius 2 is 2.00 bits per heavy atom. The Bertz CT molecular complexity index is 1080. The summed E-state index contributed by atoms with van der Waals surface area (Å²) in [5.74, 6) is -1.38. The lowest BCUT2D eigenvalue weighted by molar-refractivity contribution is 0.590. The minimum absolute atomic E-state index is 0.0465. The molecule has 0 amide bonds. The fourth-order valence-corrected chi connectivity index (χ4v) is 3.52. The molecule has 1 aliphatic heterocycles. The average Bonchev–Trinajstić information content (AvgIpc) is 2.59. The van der Waals surface area contributed by atoms with Gasteiger partial charge < -0.3 is 4.90 Å². The van der Waals surface area contributed by atoms with E-state index in [4.69, 9.17) is 10.8 Å². The average molecular weight is 369 g/mol. The maximum atomic E-state index is 14.8. The van der Waals surface area contributed by atoms with Crippen LogP contribution < -0.4 is 10.5 Å². The van der Waals surface area contributed by atoms with Crippen LogP contribution in [0.15, 0.2) is 48.2 Å². The van der Waals surface area contributed by atoms with E-state index in [-0.39, 0.29) is 28.2 Å². The zero-order valence-electron chi connectivity index (χ0n) is 15.4. The van der Waals surface area contributed by atoms with Crippen molar-refractivity contribution < 1.29 is 8.78 Å². The Hall–Kier alpha value is -3.09. The van der Waals surface area contributed by atoms with Crippen LogP contribution in [0, 0.1) is 22.5 Å². The number of hydrogen-bond donors (Lipinski definition) is 2. The number of aromatic nitrogens is 2. The van der Waals surface area contributed by atoms with Crippen molar-refractivity contribution >= 4 is 22.6 Å². The first-order valence-electron chi connectivity index (χ1n) is 8.57. The van der Waals surface area contributed by atoms with Crippen molar-refractivity contribution in [1.29, 1.82) is 10.8 Å². The maximum Gasteiger partial charge on any atom is 0.230 e. The fourth-order valence-electron chi connectivity index (χ4n) is 3.52. The van der Waals surface area contributed by atoms with Crippen LogP contribution in [0.25, 0.3) is 10.9 Å². The Morgan fingerprint density at radius 1 is 1.30 bits per heavy atom. The molecule has 0 saturated heterocycles. The van der Waals surface area contributed by atoms with Gasteiger partial charge in [0.2, 0.25) is 5.62 Å². The molecule has 0 atom stereocenters. The van der Waals surface area contributed by atoms with E-state index in [2.05, 4.69) is 18.1 Å². The number of halogens is 2. The first-order chi connectivity index (χ1) is 12.8. The van der Waals surface area contributed by atoms with Crippen molar-refractivity contribution in [3.8, 4) is 0 Å². The first kappa shape index (κ1) is 18.7. The summed E-state index contributed by atoms with van der Waals surface area (Å²) in [5, 5.41) is 16.2. The van der Waals surface area contributed by atoms with Gasteiger partial charge >= 0.3 is 0 Å². The summed E-state index contributed by atoms with van der Waals surface area (Å²) in [6.07, 6.45) is 3.30. The van der Waals surface area contributed by atoms with Gasteiger partial charge in [0.25, 0.3) is 0 Å². The zero-order valence-corrected chi connectivity index (χ0v) is 15.4. The summed E-state index contributed by atoms with van der Waals surface area (Å²) in [5.41, 5.74) is 2.48. The molecule has 3 rings (SSSR count). The van der Waals surface area contributed by atoms with Gasteiger partial charge in [-0.2, -0.15) is 4.98 Å². The highest BCUT2D eigenvalue weighted by atomic mass is 19.1. The molecule has 0 radical (unpaired) electrons. The number of rotatable bonds is 3. The molecule has 5 nitrogen and oxygen atoms in total. The lowest BCUT2D eigenvalue weighted by atomic mass is 9.96. The highest BCUT2D eigenvalue weighted by Gasteiger charge is 2.25. The van der Waals surface area contributed by atoms with Crippen LogP contribution in [0.1, 0.15) is 26.7 Å². The zero-order chi connectivity index (χ0) is 19.9. The molecule has 2 N–H and O–H groups in total. The van der Waals surface area contributed by atoms with Crippen molar-refractivity contribution in [2.24, 2.45) is 0 Å². The third-order valence-electron chi connectivity index (χ3n) is 4.63. The number of nitrogens with zero attached hydrogens (tertiary/aromatic N) is 3. The van der Waals surface area contributed by atoms with Crippen molar-refractivity contribution in [1.82, 2.24) is 9.55 Å². The van der Waals surface area contributed by atoms with Gasteiger partial charge in [0.05, 0.1) is 10.9 Å². The normalized spacial score (nSPS) is 14.6. The summed E-state index contributed by atoms with van der Waals surface area (Å²) < 4.78 is 29.8. The van der Waals surface area contributed by atoms with Crippen LogP contribution in [0.2, 0.25) is 0 Å². The number of nitrogens with one attached hydrogen (secondary N) is 2. The number of anilines is 1. The van der Waals surface area contributed by atoms with Gasteiger partial charge in [0, 0.05) is 18.3 Å². The largest absolute Gasteiger partial charge is 0.325 e. The molecular formula is C20H21F2N5. The first-order valence-corrected chi connectivity index (χ1v) is 8.57. The van der Waals surface area contributed by atoms with Gasteiger partial charge in [-0.1, -0.05) is 18.7 Å². The van der Waals surface area contributed by atoms with E-state index < -0.39 is 11.6 Å². The summed E-state index contributed by atoms with van der Waals surface area (Å²) in [4.78, 5) is 6.07. The van der Waals surface area contributed by atoms with E-state index in [0.29, 0.717) is 6.54 Å². The molecule has 2 aromatic rings. The number of fused-ring (bicyclic) bond motifs is 1. The Labute approximate surface area is 156 Å². The number of allylic oxidation sites excluding steroid dienone is 3. The highest BCUT2D eigenvalue weighted by Crippen LogP contribution is 2.35. The van der Waals surface area contributed by atoms with Gasteiger partial charge in [0.1, 0.15) is 23.3 Å². The second-order valence-corrected chi connectivity index (χ2v) is 6.57. The van der Waals surface area contributed by atoms with Crippen molar-refractivity contribution in [2.45, 2.75) is 26.7 Å². The van der Waals surface area contributed by atoms with E-state index in [1.54, 1.807) is 11.0 Å². The van der Waals surface area contributed by atoms with Crippen LogP contribution in [0.5, 0.6) is 0 Å². The van der Waals surface area contributed by atoms with E-state index in [1.807, 2.05) is 6.92 Å². The second-order valence-electron chi connectivity index (χ2n) is 6.57. The molecule has 0 bridgehead atoms. The molecule has 0 spiro atoms. The van der Waals surface area contributed by atoms with Crippen LogP contribution >= 0.6 is 0 Å². The van der Waals surface area contributed by atoms with Crippen LogP contribution in [-0.4, -0.2) is 21.9 Å². The molecular weight excluding hydrogens is 348 g/mol. The molecule has 0 aliphatic carbocycles. The molecule has 1 aromatic carbocycles. The monoisotopic (exact) mass is 369 g/mol. The topological polar surface area (TPSA) is 68.8 Å². The fraction of sp³-hybridized carbons (Fsp3) is 0.250. The molecule has 7 heteroatoms. The smallest absolute Gasteiger partial charge is 0.230 e. The van der Waals surface area contributed by atoms with Gasteiger partial charge in [-0.15, -0.1) is 0 Å². The highest BCUT2D eigenvalue weighted by molar-refractivity contribution is 5.97. The second kappa shape index (κ2) is 6.90. The van der Waals surface area contributed by atoms with E-state index in [0.717, 1.165) is 46.4 Å². The summed E-state index contributed by atoms with van der Waals surface area (Å²) in [6, 6.07) is 1.92. The molecule has 2 heterocycles.